The van der Waals surface area contributed by atoms with E-state index in [4.69, 9.17) is 0 Å². The molecular weight excluding hydrogens is 218 g/mol. The van der Waals surface area contributed by atoms with Gasteiger partial charge >= 0.3 is 5.97 Å². The Labute approximate surface area is 100 Å². The van der Waals surface area contributed by atoms with Gasteiger partial charge in [0.2, 0.25) is 0 Å². The molecule has 1 aliphatic heterocycles. The summed E-state index contributed by atoms with van der Waals surface area (Å²) < 4.78 is 0. The number of piperazine rings is 1. The fourth-order valence-electron chi connectivity index (χ4n) is 2.27. The second-order valence-electron chi connectivity index (χ2n) is 4.32. The summed E-state index contributed by atoms with van der Waals surface area (Å²) in [6, 6.07) is 1.93. The van der Waals surface area contributed by atoms with Crippen molar-refractivity contribution in [1.82, 2.24) is 10.3 Å². The van der Waals surface area contributed by atoms with Gasteiger partial charge in [-0.2, -0.15) is 0 Å². The van der Waals surface area contributed by atoms with E-state index < -0.39 is 5.97 Å². The maximum absolute atomic E-state index is 11.3. The topological polar surface area (TPSA) is 65.5 Å². The van der Waals surface area contributed by atoms with E-state index in [9.17, 15) is 9.90 Å². The van der Waals surface area contributed by atoms with Crippen LogP contribution in [-0.4, -0.2) is 42.2 Å². The monoisotopic (exact) mass is 235 g/mol. The smallest absolute Gasteiger partial charge is 0.356 e. The van der Waals surface area contributed by atoms with E-state index in [2.05, 4.69) is 15.2 Å². The lowest BCUT2D eigenvalue weighted by Crippen LogP contribution is -2.44. The lowest BCUT2D eigenvalue weighted by molar-refractivity contribution is 0.0690. The van der Waals surface area contributed by atoms with Crippen molar-refractivity contribution >= 4 is 11.7 Å². The number of hydrogen-bond acceptors (Lipinski definition) is 4. The molecule has 0 spiro atoms. The van der Waals surface area contributed by atoms with Gasteiger partial charge < -0.3 is 15.3 Å². The summed E-state index contributed by atoms with van der Waals surface area (Å²) in [6.07, 6.45) is 0. The number of carbonyl (C=O) groups is 1. The molecule has 2 heterocycles. The molecule has 2 N–H and O–H groups in total. The number of anilines is 1. The fourth-order valence-corrected chi connectivity index (χ4v) is 2.27. The van der Waals surface area contributed by atoms with Crippen LogP contribution < -0.4 is 10.2 Å². The summed E-state index contributed by atoms with van der Waals surface area (Å²) in [5.41, 5.74) is 2.67. The van der Waals surface area contributed by atoms with Crippen LogP contribution in [-0.2, 0) is 0 Å². The van der Waals surface area contributed by atoms with E-state index in [-0.39, 0.29) is 5.69 Å². The molecule has 1 aromatic heterocycles. The Bertz CT molecular complexity index is 440. The summed E-state index contributed by atoms with van der Waals surface area (Å²) in [5, 5.41) is 12.5. The van der Waals surface area contributed by atoms with E-state index in [1.54, 1.807) is 0 Å². The largest absolute Gasteiger partial charge is 0.476 e. The Morgan fingerprint density at radius 1 is 1.41 bits per heavy atom. The average Bonchev–Trinajstić information content (AvgIpc) is 2.29. The number of rotatable bonds is 2. The van der Waals surface area contributed by atoms with Crippen LogP contribution >= 0.6 is 0 Å². The van der Waals surface area contributed by atoms with Crippen molar-refractivity contribution in [2.24, 2.45) is 0 Å². The van der Waals surface area contributed by atoms with E-state index in [0.717, 1.165) is 43.1 Å². The second kappa shape index (κ2) is 4.71. The number of carboxylic acids is 1. The van der Waals surface area contributed by atoms with E-state index in [1.165, 1.54) is 0 Å². The van der Waals surface area contributed by atoms with E-state index >= 15 is 0 Å². The van der Waals surface area contributed by atoms with Crippen molar-refractivity contribution < 1.29 is 9.90 Å². The molecule has 0 bridgehead atoms. The van der Waals surface area contributed by atoms with Gasteiger partial charge in [0.25, 0.3) is 0 Å². The number of hydrogen-bond donors (Lipinski definition) is 2. The lowest BCUT2D eigenvalue weighted by atomic mass is 10.1. The highest BCUT2D eigenvalue weighted by Gasteiger charge is 2.21. The third-order valence-corrected chi connectivity index (χ3v) is 2.95. The second-order valence-corrected chi connectivity index (χ2v) is 4.32. The number of aromatic carboxylic acids is 1. The number of carboxylic acid groups (broad SMARTS) is 1. The van der Waals surface area contributed by atoms with Gasteiger partial charge in [-0.15, -0.1) is 0 Å². The Morgan fingerprint density at radius 3 is 2.65 bits per heavy atom. The number of aromatic nitrogens is 1. The molecule has 0 aliphatic carbocycles. The van der Waals surface area contributed by atoms with Crippen molar-refractivity contribution in [2.75, 3.05) is 31.1 Å². The van der Waals surface area contributed by atoms with Gasteiger partial charge in [0, 0.05) is 31.9 Å². The summed E-state index contributed by atoms with van der Waals surface area (Å²) >= 11 is 0. The van der Waals surface area contributed by atoms with E-state index in [0.29, 0.717) is 0 Å². The van der Waals surface area contributed by atoms with Crippen LogP contribution in [0.25, 0.3) is 0 Å². The first-order valence-corrected chi connectivity index (χ1v) is 5.77. The van der Waals surface area contributed by atoms with Crippen molar-refractivity contribution in [3.63, 3.8) is 0 Å². The highest BCUT2D eigenvalue weighted by Crippen LogP contribution is 2.25. The molecule has 1 aliphatic rings. The van der Waals surface area contributed by atoms with Crippen LogP contribution in [0.2, 0.25) is 0 Å². The molecule has 1 saturated heterocycles. The van der Waals surface area contributed by atoms with Crippen LogP contribution in [0.3, 0.4) is 0 Å². The molecule has 1 aromatic rings. The zero-order chi connectivity index (χ0) is 12.4. The van der Waals surface area contributed by atoms with Crippen LogP contribution in [0.5, 0.6) is 0 Å². The van der Waals surface area contributed by atoms with Crippen LogP contribution in [0.4, 0.5) is 5.69 Å². The first kappa shape index (κ1) is 11.9. The predicted molar refractivity (Wildman–Crippen MR) is 65.8 cm³/mol. The Kier molecular flexibility index (Phi) is 3.28. The third kappa shape index (κ3) is 2.39. The minimum Gasteiger partial charge on any atom is -0.476 e. The average molecular weight is 235 g/mol. The third-order valence-electron chi connectivity index (χ3n) is 2.95. The van der Waals surface area contributed by atoms with Gasteiger partial charge in [-0.05, 0) is 25.5 Å². The first-order valence-electron chi connectivity index (χ1n) is 5.77. The SMILES string of the molecule is Cc1cc(C)c(N2CCNCC2)c(C(=O)O)n1. The molecule has 5 nitrogen and oxygen atoms in total. The molecule has 0 atom stereocenters. The van der Waals surface area contributed by atoms with Gasteiger partial charge in [0.1, 0.15) is 0 Å². The highest BCUT2D eigenvalue weighted by molar-refractivity contribution is 5.93. The molecule has 17 heavy (non-hydrogen) atoms. The zero-order valence-electron chi connectivity index (χ0n) is 10.2. The number of nitrogens with zero attached hydrogens (tertiary/aromatic N) is 2. The number of aryl methyl sites for hydroxylation is 2. The van der Waals surface area contributed by atoms with Gasteiger partial charge in [0.15, 0.2) is 5.69 Å². The molecule has 92 valence electrons. The Morgan fingerprint density at radius 2 is 2.06 bits per heavy atom. The normalized spacial score (nSPS) is 16.0. The van der Waals surface area contributed by atoms with Crippen molar-refractivity contribution in [1.29, 1.82) is 0 Å². The van der Waals surface area contributed by atoms with Gasteiger partial charge in [-0.25, -0.2) is 9.78 Å². The Hall–Kier alpha value is -1.62. The predicted octanol–water partition coefficient (Wildman–Crippen LogP) is 0.806. The molecule has 2 rings (SSSR count). The quantitative estimate of drug-likeness (QED) is 0.794. The van der Waals surface area contributed by atoms with Crippen LogP contribution in [0.15, 0.2) is 6.07 Å². The van der Waals surface area contributed by atoms with Gasteiger partial charge in [-0.1, -0.05) is 0 Å². The lowest BCUT2D eigenvalue weighted by Gasteiger charge is -2.31. The summed E-state index contributed by atoms with van der Waals surface area (Å²) in [5.74, 6) is -0.953. The summed E-state index contributed by atoms with van der Waals surface area (Å²) in [6.45, 7) is 7.18. The van der Waals surface area contributed by atoms with Crippen LogP contribution in [0, 0.1) is 13.8 Å². The number of nitrogens with one attached hydrogen (secondary N) is 1. The van der Waals surface area contributed by atoms with E-state index in [1.807, 2.05) is 19.9 Å². The molecule has 1 fully saturated rings. The van der Waals surface area contributed by atoms with Crippen LogP contribution in [0.1, 0.15) is 21.7 Å². The molecular formula is C12H17N3O2. The summed E-state index contributed by atoms with van der Waals surface area (Å²) in [4.78, 5) is 17.5. The molecule has 0 amide bonds. The number of pyridine rings is 1. The molecule has 0 saturated carbocycles. The molecule has 0 aromatic carbocycles. The van der Waals surface area contributed by atoms with Crippen molar-refractivity contribution in [2.45, 2.75) is 13.8 Å². The zero-order valence-corrected chi connectivity index (χ0v) is 10.2. The van der Waals surface area contributed by atoms with Crippen molar-refractivity contribution in [3.8, 4) is 0 Å². The first-order chi connectivity index (χ1) is 8.09. The molecule has 0 radical (unpaired) electrons. The maximum Gasteiger partial charge on any atom is 0.356 e. The standard InChI is InChI=1S/C12H17N3O2/c1-8-7-9(2)14-10(12(16)17)11(8)15-5-3-13-4-6-15/h7,13H,3-6H2,1-2H3,(H,16,17). The Balaban J connectivity index is 2.46. The van der Waals surface area contributed by atoms with Gasteiger partial charge in [-0.3, -0.25) is 0 Å². The van der Waals surface area contributed by atoms with Gasteiger partial charge in [0.05, 0.1) is 5.69 Å². The molecule has 0 unspecified atom stereocenters. The minimum absolute atomic E-state index is 0.171. The summed E-state index contributed by atoms with van der Waals surface area (Å²) in [7, 11) is 0. The maximum atomic E-state index is 11.3. The fraction of sp³-hybridized carbons (Fsp3) is 0.500. The highest BCUT2D eigenvalue weighted by atomic mass is 16.4. The van der Waals surface area contributed by atoms with Crippen molar-refractivity contribution in [3.05, 3.63) is 23.0 Å². The molecule has 5 heteroatoms. The minimum atomic E-state index is -0.953.